The van der Waals surface area contributed by atoms with Gasteiger partial charge in [0.25, 0.3) is 5.91 Å². The molecule has 0 atom stereocenters. The molecule has 0 radical (unpaired) electrons. The summed E-state index contributed by atoms with van der Waals surface area (Å²) in [6.07, 6.45) is 0.00578. The van der Waals surface area contributed by atoms with Crippen molar-refractivity contribution in [2.24, 2.45) is 0 Å². The van der Waals surface area contributed by atoms with E-state index in [-0.39, 0.29) is 13.0 Å². The van der Waals surface area contributed by atoms with Crippen molar-refractivity contribution in [1.82, 2.24) is 4.98 Å². The third kappa shape index (κ3) is 5.31. The smallest absolute Gasteiger partial charge is 0.310 e. The Labute approximate surface area is 171 Å². The van der Waals surface area contributed by atoms with Crippen molar-refractivity contribution in [2.75, 3.05) is 19.0 Å². The lowest BCUT2D eigenvalue weighted by Gasteiger charge is -2.06. The van der Waals surface area contributed by atoms with Crippen LogP contribution in [-0.2, 0) is 20.7 Å². The van der Waals surface area contributed by atoms with Gasteiger partial charge in [0.1, 0.15) is 5.75 Å². The Morgan fingerprint density at radius 2 is 1.89 bits per heavy atom. The number of hydrogen-bond acceptors (Lipinski definition) is 6. The molecule has 28 heavy (non-hydrogen) atoms. The number of esters is 1. The molecule has 1 aromatic heterocycles. The summed E-state index contributed by atoms with van der Waals surface area (Å²) in [5.74, 6) is -0.226. The van der Waals surface area contributed by atoms with Crippen molar-refractivity contribution in [3.63, 3.8) is 0 Å². The number of amides is 1. The molecule has 1 heterocycles. The van der Waals surface area contributed by atoms with Gasteiger partial charge >= 0.3 is 5.97 Å². The van der Waals surface area contributed by atoms with Crippen LogP contribution in [-0.4, -0.2) is 30.6 Å². The van der Waals surface area contributed by atoms with E-state index in [0.717, 1.165) is 17.0 Å². The van der Waals surface area contributed by atoms with Crippen LogP contribution in [0, 0.1) is 0 Å². The number of methoxy groups -OCH3 is 1. The van der Waals surface area contributed by atoms with Gasteiger partial charge in [-0.2, -0.15) is 0 Å². The van der Waals surface area contributed by atoms with Crippen LogP contribution in [0.1, 0.15) is 5.56 Å². The van der Waals surface area contributed by atoms with Crippen LogP contribution in [0.4, 0.5) is 5.13 Å². The first kappa shape index (κ1) is 19.9. The van der Waals surface area contributed by atoms with Gasteiger partial charge in [-0.1, -0.05) is 29.8 Å². The first-order valence-corrected chi connectivity index (χ1v) is 9.60. The molecule has 1 amide bonds. The van der Waals surface area contributed by atoms with Gasteiger partial charge in [0.2, 0.25) is 0 Å². The highest BCUT2D eigenvalue weighted by molar-refractivity contribution is 7.14. The first-order valence-electron chi connectivity index (χ1n) is 8.34. The van der Waals surface area contributed by atoms with Gasteiger partial charge in [-0.05, 0) is 35.9 Å². The van der Waals surface area contributed by atoms with Crippen LogP contribution in [0.2, 0.25) is 5.02 Å². The van der Waals surface area contributed by atoms with Crippen molar-refractivity contribution in [3.05, 3.63) is 64.5 Å². The van der Waals surface area contributed by atoms with Crippen LogP contribution >= 0.6 is 22.9 Å². The number of hydrogen-bond donors (Lipinski definition) is 1. The summed E-state index contributed by atoms with van der Waals surface area (Å²) >= 11 is 7.30. The average molecular weight is 417 g/mol. The van der Waals surface area contributed by atoms with Crippen LogP contribution in [0.3, 0.4) is 0 Å². The van der Waals surface area contributed by atoms with Crippen LogP contribution in [0.25, 0.3) is 11.3 Å². The Balaban J connectivity index is 1.50. The lowest BCUT2D eigenvalue weighted by atomic mass is 10.1. The molecular formula is C20H17ClN2O4S. The Bertz CT molecular complexity index is 972. The summed E-state index contributed by atoms with van der Waals surface area (Å²) in [4.78, 5) is 28.3. The molecule has 0 fully saturated rings. The van der Waals surface area contributed by atoms with Gasteiger partial charge in [-0.25, -0.2) is 4.98 Å². The fourth-order valence-corrected chi connectivity index (χ4v) is 3.31. The molecule has 0 saturated heterocycles. The quantitative estimate of drug-likeness (QED) is 0.584. The Kier molecular flexibility index (Phi) is 6.62. The van der Waals surface area contributed by atoms with Crippen molar-refractivity contribution in [2.45, 2.75) is 6.42 Å². The maximum absolute atomic E-state index is 12.0. The standard InChI is InChI=1S/C20H17ClN2O4S/c1-26-15-8-6-13(7-9-15)17-12-28-20(22-17)23-18(24)11-27-19(25)10-14-4-2-3-5-16(14)21/h2-9,12H,10-11H2,1H3,(H,22,23,24). The Morgan fingerprint density at radius 1 is 1.14 bits per heavy atom. The molecule has 0 aliphatic carbocycles. The van der Waals surface area contributed by atoms with Crippen molar-refractivity contribution >= 4 is 39.9 Å². The largest absolute Gasteiger partial charge is 0.497 e. The van der Waals surface area contributed by atoms with Gasteiger partial charge in [-0.3, -0.25) is 14.9 Å². The number of nitrogens with zero attached hydrogens (tertiary/aromatic N) is 1. The summed E-state index contributed by atoms with van der Waals surface area (Å²) < 4.78 is 10.1. The molecular weight excluding hydrogens is 400 g/mol. The van der Waals surface area contributed by atoms with E-state index in [4.69, 9.17) is 21.1 Å². The SMILES string of the molecule is COc1ccc(-c2csc(NC(=O)COC(=O)Cc3ccccc3Cl)n2)cc1. The molecule has 6 nitrogen and oxygen atoms in total. The van der Waals surface area contributed by atoms with Gasteiger partial charge in [0, 0.05) is 16.0 Å². The molecule has 0 bridgehead atoms. The number of thiazole rings is 1. The summed E-state index contributed by atoms with van der Waals surface area (Å²) in [7, 11) is 1.60. The highest BCUT2D eigenvalue weighted by Gasteiger charge is 2.12. The van der Waals surface area contributed by atoms with E-state index in [1.54, 1.807) is 31.4 Å². The second-order valence-corrected chi connectivity index (χ2v) is 7.01. The third-order valence-electron chi connectivity index (χ3n) is 3.79. The minimum atomic E-state index is -0.527. The molecule has 3 aromatic rings. The van der Waals surface area contributed by atoms with E-state index in [0.29, 0.717) is 15.7 Å². The maximum Gasteiger partial charge on any atom is 0.310 e. The van der Waals surface area contributed by atoms with E-state index in [1.165, 1.54) is 11.3 Å². The number of ether oxygens (including phenoxy) is 2. The van der Waals surface area contributed by atoms with E-state index in [2.05, 4.69) is 10.3 Å². The highest BCUT2D eigenvalue weighted by atomic mass is 35.5. The molecule has 0 spiro atoms. The summed E-state index contributed by atoms with van der Waals surface area (Å²) in [5, 5.41) is 5.37. The van der Waals surface area contributed by atoms with Crippen LogP contribution < -0.4 is 10.1 Å². The Hall–Kier alpha value is -2.90. The third-order valence-corrected chi connectivity index (χ3v) is 4.92. The number of halogens is 1. The number of anilines is 1. The highest BCUT2D eigenvalue weighted by Crippen LogP contribution is 2.26. The Morgan fingerprint density at radius 3 is 2.61 bits per heavy atom. The van der Waals surface area contributed by atoms with Gasteiger partial charge in [0.15, 0.2) is 11.7 Å². The lowest BCUT2D eigenvalue weighted by molar-refractivity contribution is -0.146. The van der Waals surface area contributed by atoms with Gasteiger partial charge in [-0.15, -0.1) is 11.3 Å². The fourth-order valence-electron chi connectivity index (χ4n) is 2.38. The van der Waals surface area contributed by atoms with Gasteiger partial charge in [0.05, 0.1) is 19.2 Å². The molecule has 2 aromatic carbocycles. The number of benzene rings is 2. The summed E-state index contributed by atoms with van der Waals surface area (Å²) in [5.41, 5.74) is 2.29. The maximum atomic E-state index is 12.0. The normalized spacial score (nSPS) is 10.4. The van der Waals surface area contributed by atoms with E-state index >= 15 is 0 Å². The second-order valence-electron chi connectivity index (χ2n) is 5.74. The number of rotatable bonds is 7. The molecule has 0 aliphatic heterocycles. The van der Waals surface area contributed by atoms with Gasteiger partial charge < -0.3 is 9.47 Å². The predicted octanol–water partition coefficient (Wildman–Crippen LogP) is 4.20. The predicted molar refractivity (Wildman–Crippen MR) is 109 cm³/mol. The van der Waals surface area contributed by atoms with Crippen LogP contribution in [0.15, 0.2) is 53.9 Å². The summed E-state index contributed by atoms with van der Waals surface area (Å²) in [6, 6.07) is 14.4. The van der Waals surface area contributed by atoms with Crippen LogP contribution in [0.5, 0.6) is 5.75 Å². The minimum absolute atomic E-state index is 0.00578. The zero-order valence-electron chi connectivity index (χ0n) is 15.0. The van der Waals surface area contributed by atoms with E-state index in [9.17, 15) is 9.59 Å². The molecule has 0 aliphatic rings. The zero-order chi connectivity index (χ0) is 19.9. The number of nitrogens with one attached hydrogen (secondary N) is 1. The average Bonchev–Trinajstić information content (AvgIpc) is 3.16. The van der Waals surface area contributed by atoms with E-state index < -0.39 is 11.9 Å². The lowest BCUT2D eigenvalue weighted by Crippen LogP contribution is -2.21. The monoisotopic (exact) mass is 416 g/mol. The molecule has 0 saturated carbocycles. The van der Waals surface area contributed by atoms with E-state index in [1.807, 2.05) is 29.6 Å². The van der Waals surface area contributed by atoms with Crippen molar-refractivity contribution in [1.29, 1.82) is 0 Å². The number of carbonyl (C=O) groups is 2. The zero-order valence-corrected chi connectivity index (χ0v) is 16.5. The molecule has 8 heteroatoms. The first-order chi connectivity index (χ1) is 13.5. The summed E-state index contributed by atoms with van der Waals surface area (Å²) in [6.45, 7) is -0.388. The topological polar surface area (TPSA) is 77.5 Å². The number of carbonyl (C=O) groups excluding carboxylic acids is 2. The molecule has 3 rings (SSSR count). The minimum Gasteiger partial charge on any atom is -0.497 e. The van der Waals surface area contributed by atoms with Crippen molar-refractivity contribution in [3.8, 4) is 17.0 Å². The molecule has 144 valence electrons. The molecule has 1 N–H and O–H groups in total. The second kappa shape index (κ2) is 9.34. The van der Waals surface area contributed by atoms with Crippen molar-refractivity contribution < 1.29 is 19.1 Å². The fraction of sp³-hybridized carbons (Fsp3) is 0.150. The molecule has 0 unspecified atom stereocenters. The number of aromatic nitrogens is 1.